The zero-order chi connectivity index (χ0) is 12.7. The second-order valence-electron chi connectivity index (χ2n) is 4.23. The van der Waals surface area contributed by atoms with Gasteiger partial charge in [-0.25, -0.2) is 0 Å². The Hall–Kier alpha value is -0.220. The first-order valence-corrected chi connectivity index (χ1v) is 6.71. The van der Waals surface area contributed by atoms with E-state index in [0.717, 1.165) is 0 Å². The molecule has 2 aromatic rings. The zero-order valence-electron chi connectivity index (χ0n) is 9.30. The van der Waals surface area contributed by atoms with Crippen molar-refractivity contribution >= 4 is 50.1 Å². The highest BCUT2D eigenvalue weighted by molar-refractivity contribution is 9.10. The lowest BCUT2D eigenvalue weighted by Gasteiger charge is -2.10. The van der Waals surface area contributed by atoms with Crippen LogP contribution < -0.4 is 0 Å². The van der Waals surface area contributed by atoms with Crippen LogP contribution in [-0.2, 0) is 0 Å². The van der Waals surface area contributed by atoms with Gasteiger partial charge in [0.05, 0.1) is 10.0 Å². The second kappa shape index (κ2) is 4.81. The summed E-state index contributed by atoms with van der Waals surface area (Å²) in [5, 5.41) is 11.7. The van der Waals surface area contributed by atoms with Crippen molar-refractivity contribution in [3.05, 3.63) is 32.4 Å². The Balaban J connectivity index is 2.65. The third-order valence-corrected chi connectivity index (χ3v) is 4.13. The summed E-state index contributed by atoms with van der Waals surface area (Å²) in [7, 11) is 0. The van der Waals surface area contributed by atoms with Gasteiger partial charge in [-0.15, -0.1) is 0 Å². The molecule has 1 N–H and O–H groups in total. The highest BCUT2D eigenvalue weighted by Gasteiger charge is 2.20. The molecule has 5 heteroatoms. The Morgan fingerprint density at radius 2 is 1.94 bits per heavy atom. The molecule has 0 saturated carbocycles. The van der Waals surface area contributed by atoms with Gasteiger partial charge in [-0.05, 0) is 34.0 Å². The van der Waals surface area contributed by atoms with Crippen LogP contribution in [0.1, 0.15) is 25.7 Å². The number of fused-ring (bicyclic) bond motifs is 1. The minimum atomic E-state index is -0.659. The van der Waals surface area contributed by atoms with Crippen LogP contribution in [0.3, 0.4) is 0 Å². The fraction of sp³-hybridized carbons (Fsp3) is 0.333. The predicted molar refractivity (Wildman–Crippen MR) is 73.7 cm³/mol. The largest absolute Gasteiger partial charge is 0.457 e. The summed E-state index contributed by atoms with van der Waals surface area (Å²) in [5.41, 5.74) is 0.509. The second-order valence-corrected chi connectivity index (χ2v) is 5.87. The van der Waals surface area contributed by atoms with Gasteiger partial charge in [0.2, 0.25) is 0 Å². The molecule has 0 aliphatic heterocycles. The zero-order valence-corrected chi connectivity index (χ0v) is 12.4. The monoisotopic (exact) mass is 336 g/mol. The number of aliphatic hydroxyl groups excluding tert-OH is 1. The Labute approximate surface area is 118 Å². The van der Waals surface area contributed by atoms with Crippen molar-refractivity contribution in [1.82, 2.24) is 0 Å². The van der Waals surface area contributed by atoms with Crippen LogP contribution in [0.2, 0.25) is 10.0 Å². The van der Waals surface area contributed by atoms with Gasteiger partial charge in [-0.1, -0.05) is 37.0 Å². The number of halogens is 3. The summed E-state index contributed by atoms with van der Waals surface area (Å²) < 4.78 is 6.28. The van der Waals surface area contributed by atoms with Gasteiger partial charge in [0, 0.05) is 9.86 Å². The Morgan fingerprint density at radius 3 is 2.53 bits per heavy atom. The van der Waals surface area contributed by atoms with Crippen LogP contribution in [-0.4, -0.2) is 5.11 Å². The first-order valence-electron chi connectivity index (χ1n) is 5.16. The SMILES string of the molecule is CC(C)C(O)c1cc2c(Cl)c(Br)cc(Cl)c2o1. The van der Waals surface area contributed by atoms with E-state index < -0.39 is 6.10 Å². The van der Waals surface area contributed by atoms with E-state index in [-0.39, 0.29) is 5.92 Å². The van der Waals surface area contributed by atoms with Gasteiger partial charge < -0.3 is 9.52 Å². The number of aliphatic hydroxyl groups is 1. The van der Waals surface area contributed by atoms with Crippen molar-refractivity contribution in [2.24, 2.45) is 5.92 Å². The number of hydrogen-bond donors (Lipinski definition) is 1. The van der Waals surface area contributed by atoms with Crippen LogP contribution in [0.4, 0.5) is 0 Å². The van der Waals surface area contributed by atoms with Gasteiger partial charge in [-0.3, -0.25) is 0 Å². The number of hydrogen-bond acceptors (Lipinski definition) is 2. The van der Waals surface area contributed by atoms with Gasteiger partial charge in [0.1, 0.15) is 11.9 Å². The van der Waals surface area contributed by atoms with E-state index in [1.165, 1.54) is 0 Å². The molecule has 0 saturated heterocycles. The van der Waals surface area contributed by atoms with Crippen LogP contribution in [0.15, 0.2) is 21.0 Å². The molecule has 0 amide bonds. The van der Waals surface area contributed by atoms with Gasteiger partial charge in [0.25, 0.3) is 0 Å². The van der Waals surface area contributed by atoms with Crippen molar-refractivity contribution in [1.29, 1.82) is 0 Å². The van der Waals surface area contributed by atoms with E-state index >= 15 is 0 Å². The summed E-state index contributed by atoms with van der Waals surface area (Å²) in [6, 6.07) is 3.42. The van der Waals surface area contributed by atoms with E-state index in [0.29, 0.717) is 31.2 Å². The van der Waals surface area contributed by atoms with Crippen LogP contribution in [0.5, 0.6) is 0 Å². The predicted octanol–water partition coefficient (Wildman–Crippen LogP) is 5.19. The van der Waals surface area contributed by atoms with Crippen molar-refractivity contribution < 1.29 is 9.52 Å². The molecule has 92 valence electrons. The van der Waals surface area contributed by atoms with E-state index in [2.05, 4.69) is 15.9 Å². The average Bonchev–Trinajstić information content (AvgIpc) is 2.70. The first kappa shape index (κ1) is 13.2. The molecule has 0 aliphatic carbocycles. The van der Waals surface area contributed by atoms with E-state index in [9.17, 15) is 5.11 Å². The molecular formula is C12H11BrCl2O2. The van der Waals surface area contributed by atoms with Crippen LogP contribution in [0, 0.1) is 5.92 Å². The maximum absolute atomic E-state index is 9.96. The molecule has 0 spiro atoms. The minimum absolute atomic E-state index is 0.0663. The quantitative estimate of drug-likeness (QED) is 0.765. The summed E-state index contributed by atoms with van der Waals surface area (Å²) in [4.78, 5) is 0. The fourth-order valence-electron chi connectivity index (χ4n) is 1.59. The molecule has 2 nitrogen and oxygen atoms in total. The van der Waals surface area contributed by atoms with E-state index in [1.54, 1.807) is 12.1 Å². The third kappa shape index (κ3) is 2.34. The molecule has 0 aliphatic rings. The van der Waals surface area contributed by atoms with Crippen molar-refractivity contribution in [2.75, 3.05) is 0 Å². The van der Waals surface area contributed by atoms with Crippen molar-refractivity contribution in [3.8, 4) is 0 Å². The molecule has 1 aromatic heterocycles. The van der Waals surface area contributed by atoms with Crippen molar-refractivity contribution in [2.45, 2.75) is 20.0 Å². The Bertz CT molecular complexity index is 563. The van der Waals surface area contributed by atoms with Gasteiger partial charge >= 0.3 is 0 Å². The molecule has 1 unspecified atom stereocenters. The maximum Gasteiger partial charge on any atom is 0.154 e. The Morgan fingerprint density at radius 1 is 1.29 bits per heavy atom. The molecule has 17 heavy (non-hydrogen) atoms. The smallest absolute Gasteiger partial charge is 0.154 e. The molecule has 0 radical (unpaired) electrons. The first-order chi connectivity index (χ1) is 7.91. The van der Waals surface area contributed by atoms with Gasteiger partial charge in [-0.2, -0.15) is 0 Å². The normalized spacial score (nSPS) is 13.6. The molecule has 1 atom stereocenters. The Kier molecular flexibility index (Phi) is 3.74. The number of rotatable bonds is 2. The van der Waals surface area contributed by atoms with E-state index in [1.807, 2.05) is 13.8 Å². The summed E-state index contributed by atoms with van der Waals surface area (Å²) in [6.07, 6.45) is -0.659. The minimum Gasteiger partial charge on any atom is -0.457 e. The lowest BCUT2D eigenvalue weighted by molar-refractivity contribution is 0.104. The standard InChI is InChI=1S/C12H11BrCl2O2/c1-5(2)11(16)9-3-6-10(15)7(13)4-8(14)12(6)17-9/h3-5,11,16H,1-2H3. The topological polar surface area (TPSA) is 33.4 Å². The maximum atomic E-state index is 9.96. The van der Waals surface area contributed by atoms with Crippen LogP contribution in [0.25, 0.3) is 11.0 Å². The molecule has 0 bridgehead atoms. The summed E-state index contributed by atoms with van der Waals surface area (Å²) in [6.45, 7) is 3.83. The number of furan rings is 1. The third-order valence-electron chi connectivity index (χ3n) is 2.59. The number of benzene rings is 1. The van der Waals surface area contributed by atoms with Crippen molar-refractivity contribution in [3.63, 3.8) is 0 Å². The lowest BCUT2D eigenvalue weighted by atomic mass is 10.1. The van der Waals surface area contributed by atoms with E-state index in [4.69, 9.17) is 27.6 Å². The van der Waals surface area contributed by atoms with Gasteiger partial charge in [0.15, 0.2) is 5.58 Å². The molecule has 0 fully saturated rings. The van der Waals surface area contributed by atoms with Crippen LogP contribution >= 0.6 is 39.1 Å². The summed E-state index contributed by atoms with van der Waals surface area (Å²) >= 11 is 15.5. The molecular weight excluding hydrogens is 327 g/mol. The fourth-order valence-corrected chi connectivity index (χ4v) is 2.61. The highest BCUT2D eigenvalue weighted by Crippen LogP contribution is 2.39. The molecule has 1 heterocycles. The summed E-state index contributed by atoms with van der Waals surface area (Å²) in [5.74, 6) is 0.549. The average molecular weight is 338 g/mol. The molecule has 1 aromatic carbocycles. The highest BCUT2D eigenvalue weighted by atomic mass is 79.9. The molecule has 2 rings (SSSR count). The lowest BCUT2D eigenvalue weighted by Crippen LogP contribution is -2.03.